The molecule has 25 heavy (non-hydrogen) atoms. The van der Waals surface area contributed by atoms with Crippen LogP contribution in [0.2, 0.25) is 0 Å². The summed E-state index contributed by atoms with van der Waals surface area (Å²) in [5.74, 6) is 1.32. The summed E-state index contributed by atoms with van der Waals surface area (Å²) >= 11 is 0. The second-order valence-electron chi connectivity index (χ2n) is 7.22. The SMILES string of the molecule is COc1cc2c(cc1O)-c1cc(C)ccc1[C@](C)(CCC=C(C)C)O2. The Hall–Kier alpha value is -2.42. The Morgan fingerprint density at radius 1 is 1.20 bits per heavy atom. The molecule has 2 aromatic rings. The minimum Gasteiger partial charge on any atom is -0.504 e. The Bertz CT molecular complexity index is 831. The van der Waals surface area contributed by atoms with Crippen LogP contribution in [0.25, 0.3) is 11.1 Å². The van der Waals surface area contributed by atoms with Crippen molar-refractivity contribution in [2.75, 3.05) is 7.11 Å². The molecule has 1 heterocycles. The van der Waals surface area contributed by atoms with E-state index in [9.17, 15) is 5.11 Å². The zero-order valence-electron chi connectivity index (χ0n) is 15.6. The highest BCUT2D eigenvalue weighted by Gasteiger charge is 2.36. The van der Waals surface area contributed by atoms with E-state index >= 15 is 0 Å². The lowest BCUT2D eigenvalue weighted by Crippen LogP contribution is -2.33. The molecule has 0 spiro atoms. The zero-order valence-corrected chi connectivity index (χ0v) is 15.6. The summed E-state index contributed by atoms with van der Waals surface area (Å²) in [6.07, 6.45) is 4.09. The lowest BCUT2D eigenvalue weighted by molar-refractivity contribution is 0.0748. The fourth-order valence-electron chi connectivity index (χ4n) is 3.47. The number of fused-ring (bicyclic) bond motifs is 3. The average molecular weight is 338 g/mol. The van der Waals surface area contributed by atoms with Crippen LogP contribution in [0.5, 0.6) is 17.2 Å². The zero-order chi connectivity index (χ0) is 18.2. The van der Waals surface area contributed by atoms with Crippen LogP contribution in [0.15, 0.2) is 42.0 Å². The molecule has 1 atom stereocenters. The second kappa shape index (κ2) is 6.47. The number of ether oxygens (including phenoxy) is 2. The van der Waals surface area contributed by atoms with Crippen LogP contribution in [0, 0.1) is 6.92 Å². The molecule has 132 valence electrons. The van der Waals surface area contributed by atoms with Crippen LogP contribution >= 0.6 is 0 Å². The number of phenolic OH excluding ortho intramolecular Hbond substituents is 1. The first-order valence-electron chi connectivity index (χ1n) is 8.69. The summed E-state index contributed by atoms with van der Waals surface area (Å²) in [6.45, 7) is 8.45. The molecule has 0 aliphatic carbocycles. The third kappa shape index (κ3) is 3.23. The van der Waals surface area contributed by atoms with E-state index in [4.69, 9.17) is 9.47 Å². The minimum atomic E-state index is -0.413. The van der Waals surface area contributed by atoms with E-state index < -0.39 is 5.60 Å². The Kier molecular flexibility index (Phi) is 4.51. The van der Waals surface area contributed by atoms with Crippen LogP contribution in [0.3, 0.4) is 0 Å². The second-order valence-corrected chi connectivity index (χ2v) is 7.22. The Balaban J connectivity index is 2.13. The number of benzene rings is 2. The number of allylic oxidation sites excluding steroid dienone is 2. The summed E-state index contributed by atoms with van der Waals surface area (Å²) in [4.78, 5) is 0. The highest BCUT2D eigenvalue weighted by Crippen LogP contribution is 2.50. The molecule has 0 aromatic heterocycles. The number of hydrogen-bond acceptors (Lipinski definition) is 3. The first-order chi connectivity index (χ1) is 11.8. The van der Waals surface area contributed by atoms with Crippen molar-refractivity contribution in [3.05, 3.63) is 53.1 Å². The normalized spacial score (nSPS) is 18.0. The monoisotopic (exact) mass is 338 g/mol. The van der Waals surface area contributed by atoms with Gasteiger partial charge in [-0.3, -0.25) is 0 Å². The molecule has 0 unspecified atom stereocenters. The van der Waals surface area contributed by atoms with E-state index in [1.54, 1.807) is 19.2 Å². The fourth-order valence-corrected chi connectivity index (χ4v) is 3.47. The van der Waals surface area contributed by atoms with Gasteiger partial charge in [0, 0.05) is 17.2 Å². The predicted octanol–water partition coefficient (Wildman–Crippen LogP) is 5.73. The third-order valence-electron chi connectivity index (χ3n) is 4.83. The first-order valence-corrected chi connectivity index (χ1v) is 8.69. The minimum absolute atomic E-state index is 0.130. The molecular weight excluding hydrogens is 312 g/mol. The van der Waals surface area contributed by atoms with E-state index in [-0.39, 0.29) is 5.75 Å². The molecule has 0 amide bonds. The number of methoxy groups -OCH3 is 1. The number of aromatic hydroxyl groups is 1. The van der Waals surface area contributed by atoms with Crippen LogP contribution in [-0.4, -0.2) is 12.2 Å². The summed E-state index contributed by atoms with van der Waals surface area (Å²) in [7, 11) is 1.55. The molecule has 0 fully saturated rings. The highest BCUT2D eigenvalue weighted by molar-refractivity contribution is 5.79. The van der Waals surface area contributed by atoms with Gasteiger partial charge in [-0.1, -0.05) is 35.4 Å². The Morgan fingerprint density at radius 2 is 1.96 bits per heavy atom. The molecule has 3 rings (SSSR count). The lowest BCUT2D eigenvalue weighted by Gasteiger charge is -2.38. The Labute approximate surface area is 149 Å². The number of phenols is 1. The maximum atomic E-state index is 10.2. The van der Waals surface area contributed by atoms with Gasteiger partial charge in [-0.25, -0.2) is 0 Å². The van der Waals surface area contributed by atoms with Crippen molar-refractivity contribution >= 4 is 0 Å². The van der Waals surface area contributed by atoms with E-state index in [0.717, 1.165) is 35.3 Å². The van der Waals surface area contributed by atoms with Gasteiger partial charge in [0.15, 0.2) is 11.5 Å². The molecule has 3 nitrogen and oxygen atoms in total. The van der Waals surface area contributed by atoms with Crippen LogP contribution in [-0.2, 0) is 5.60 Å². The molecule has 2 aromatic carbocycles. The molecule has 0 saturated carbocycles. The maximum Gasteiger partial charge on any atom is 0.164 e. The lowest BCUT2D eigenvalue weighted by atomic mass is 9.81. The smallest absolute Gasteiger partial charge is 0.164 e. The van der Waals surface area contributed by atoms with Crippen LogP contribution in [0.4, 0.5) is 0 Å². The van der Waals surface area contributed by atoms with Gasteiger partial charge in [0.1, 0.15) is 11.4 Å². The highest BCUT2D eigenvalue weighted by atomic mass is 16.5. The summed E-state index contributed by atoms with van der Waals surface area (Å²) in [5.41, 5.74) is 5.29. The summed E-state index contributed by atoms with van der Waals surface area (Å²) in [6, 6.07) is 9.96. The van der Waals surface area contributed by atoms with Gasteiger partial charge >= 0.3 is 0 Å². The van der Waals surface area contributed by atoms with Gasteiger partial charge < -0.3 is 14.6 Å². The molecule has 0 bridgehead atoms. The number of aryl methyl sites for hydroxylation is 1. The van der Waals surface area contributed by atoms with Crippen molar-refractivity contribution < 1.29 is 14.6 Å². The van der Waals surface area contributed by atoms with E-state index in [0.29, 0.717) is 5.75 Å². The van der Waals surface area contributed by atoms with E-state index in [1.807, 2.05) is 0 Å². The Morgan fingerprint density at radius 3 is 2.64 bits per heavy atom. The fraction of sp³-hybridized carbons (Fsp3) is 0.364. The van der Waals surface area contributed by atoms with E-state index in [1.165, 1.54) is 11.1 Å². The summed E-state index contributed by atoms with van der Waals surface area (Å²) < 4.78 is 11.7. The van der Waals surface area contributed by atoms with Gasteiger partial charge in [-0.2, -0.15) is 0 Å². The molecule has 3 heteroatoms. The molecule has 0 saturated heterocycles. The topological polar surface area (TPSA) is 38.7 Å². The van der Waals surface area contributed by atoms with Crippen molar-refractivity contribution in [2.24, 2.45) is 0 Å². The van der Waals surface area contributed by atoms with Gasteiger partial charge in [-0.15, -0.1) is 0 Å². The van der Waals surface area contributed by atoms with Gasteiger partial charge in [0.25, 0.3) is 0 Å². The predicted molar refractivity (Wildman–Crippen MR) is 101 cm³/mol. The molecule has 1 aliphatic heterocycles. The number of hydrogen-bond donors (Lipinski definition) is 1. The quantitative estimate of drug-likeness (QED) is 0.724. The molecule has 1 N–H and O–H groups in total. The van der Waals surface area contributed by atoms with Crippen molar-refractivity contribution in [1.82, 2.24) is 0 Å². The maximum absolute atomic E-state index is 10.2. The summed E-state index contributed by atoms with van der Waals surface area (Å²) in [5, 5.41) is 10.2. The number of rotatable bonds is 4. The molecular formula is C22H26O3. The average Bonchev–Trinajstić information content (AvgIpc) is 2.54. The third-order valence-corrected chi connectivity index (χ3v) is 4.83. The van der Waals surface area contributed by atoms with Crippen LogP contribution < -0.4 is 9.47 Å². The molecule has 1 aliphatic rings. The van der Waals surface area contributed by atoms with Crippen LogP contribution in [0.1, 0.15) is 44.7 Å². The first kappa shape index (κ1) is 17.4. The van der Waals surface area contributed by atoms with Gasteiger partial charge in [0.05, 0.1) is 7.11 Å². The van der Waals surface area contributed by atoms with Gasteiger partial charge in [-0.05, 0) is 52.2 Å². The molecule has 0 radical (unpaired) electrons. The standard InChI is InChI=1S/C22H26O3/c1-14(2)7-6-10-22(4)18-9-8-15(3)11-16(18)17-12-19(23)21(24-5)13-20(17)25-22/h7-9,11-13,23H,6,10H2,1-5H3/t22-/m0/s1. The van der Waals surface area contributed by atoms with E-state index in [2.05, 4.69) is 52.0 Å². The van der Waals surface area contributed by atoms with Crippen molar-refractivity contribution in [3.8, 4) is 28.4 Å². The van der Waals surface area contributed by atoms with Gasteiger partial charge in [0.2, 0.25) is 0 Å². The largest absolute Gasteiger partial charge is 0.504 e. The van der Waals surface area contributed by atoms with Crippen molar-refractivity contribution in [3.63, 3.8) is 0 Å². The van der Waals surface area contributed by atoms with Crippen molar-refractivity contribution in [1.29, 1.82) is 0 Å². The van der Waals surface area contributed by atoms with Crippen molar-refractivity contribution in [2.45, 2.75) is 46.1 Å².